The van der Waals surface area contributed by atoms with Crippen molar-refractivity contribution in [3.05, 3.63) is 95.1 Å². The van der Waals surface area contributed by atoms with Crippen LogP contribution in [-0.2, 0) is 15.3 Å². The van der Waals surface area contributed by atoms with Crippen LogP contribution in [0, 0.1) is 11.7 Å². The molecule has 5 rings (SSSR count). The van der Waals surface area contributed by atoms with Crippen LogP contribution < -0.4 is 14.4 Å². The molecule has 43 heavy (non-hydrogen) atoms. The minimum Gasteiger partial charge on any atom is -0.507 e. The highest BCUT2D eigenvalue weighted by atomic mass is 32.2. The van der Waals surface area contributed by atoms with Crippen molar-refractivity contribution in [2.75, 3.05) is 18.6 Å². The van der Waals surface area contributed by atoms with Gasteiger partial charge < -0.3 is 14.6 Å². The smallest absolute Gasteiger partial charge is 0.301 e. The monoisotopic (exact) mass is 620 g/mol. The SMILES string of the molecule is COc1cc(C2/C(=C(\O)c3ccncc3)C(=O)C(=O)N2c2nnc(SCc3ccccc3F)s2)ccc1OCCC(C)C. The van der Waals surface area contributed by atoms with Gasteiger partial charge in [0.2, 0.25) is 5.13 Å². The number of amides is 1. The highest BCUT2D eigenvalue weighted by Gasteiger charge is 2.48. The average molecular weight is 621 g/mol. The number of methoxy groups -OCH3 is 1. The van der Waals surface area contributed by atoms with Crippen molar-refractivity contribution in [1.29, 1.82) is 0 Å². The maximum absolute atomic E-state index is 14.1. The summed E-state index contributed by atoms with van der Waals surface area (Å²) in [7, 11) is 1.51. The lowest BCUT2D eigenvalue weighted by atomic mass is 9.95. The van der Waals surface area contributed by atoms with E-state index in [0.717, 1.165) is 17.8 Å². The van der Waals surface area contributed by atoms with E-state index in [1.165, 1.54) is 42.2 Å². The summed E-state index contributed by atoms with van der Waals surface area (Å²) in [5.74, 6) is -0.712. The molecule has 1 N–H and O–H groups in total. The van der Waals surface area contributed by atoms with E-state index in [1.54, 1.807) is 48.5 Å². The highest BCUT2D eigenvalue weighted by molar-refractivity contribution is 8.00. The molecule has 3 heterocycles. The van der Waals surface area contributed by atoms with Crippen LogP contribution in [0.4, 0.5) is 9.52 Å². The Bertz CT molecular complexity index is 1660. The summed E-state index contributed by atoms with van der Waals surface area (Å²) < 4.78 is 26.2. The van der Waals surface area contributed by atoms with Crippen molar-refractivity contribution >= 4 is 45.7 Å². The number of anilines is 1. The van der Waals surface area contributed by atoms with Crippen LogP contribution in [0.2, 0.25) is 0 Å². The van der Waals surface area contributed by atoms with Crippen molar-refractivity contribution < 1.29 is 28.6 Å². The molecular formula is C31H29FN4O5S2. The third-order valence-corrected chi connectivity index (χ3v) is 8.87. The summed E-state index contributed by atoms with van der Waals surface area (Å²) in [6.07, 6.45) is 3.82. The van der Waals surface area contributed by atoms with E-state index in [4.69, 9.17) is 9.47 Å². The van der Waals surface area contributed by atoms with Crippen LogP contribution in [0.25, 0.3) is 5.76 Å². The zero-order chi connectivity index (χ0) is 30.5. The second-order valence-electron chi connectivity index (χ2n) is 10.1. The van der Waals surface area contributed by atoms with Gasteiger partial charge >= 0.3 is 5.91 Å². The minimum absolute atomic E-state index is 0.109. The second-order valence-corrected chi connectivity index (χ2v) is 12.3. The van der Waals surface area contributed by atoms with Crippen LogP contribution in [0.15, 0.2) is 76.9 Å². The number of hydrogen-bond donors (Lipinski definition) is 1. The fraction of sp³-hybridized carbons (Fsp3) is 0.258. The van der Waals surface area contributed by atoms with Crippen molar-refractivity contribution in [2.24, 2.45) is 5.92 Å². The second kappa shape index (κ2) is 13.3. The largest absolute Gasteiger partial charge is 0.507 e. The predicted octanol–water partition coefficient (Wildman–Crippen LogP) is 6.42. The van der Waals surface area contributed by atoms with E-state index in [2.05, 4.69) is 29.0 Å². The van der Waals surface area contributed by atoms with Gasteiger partial charge in [0.15, 0.2) is 15.8 Å². The average Bonchev–Trinajstić information content (AvgIpc) is 3.58. The summed E-state index contributed by atoms with van der Waals surface area (Å²) in [6.45, 7) is 4.70. The summed E-state index contributed by atoms with van der Waals surface area (Å²) in [5.41, 5.74) is 1.22. The first-order valence-electron chi connectivity index (χ1n) is 13.5. The minimum atomic E-state index is -1.04. The normalized spacial score (nSPS) is 16.2. The predicted molar refractivity (Wildman–Crippen MR) is 163 cm³/mol. The van der Waals surface area contributed by atoms with Crippen molar-refractivity contribution in [2.45, 2.75) is 36.4 Å². The molecule has 12 heteroatoms. The number of carbonyl (C=O) groups excluding carboxylic acids is 2. The van der Waals surface area contributed by atoms with Crippen LogP contribution in [0.1, 0.15) is 43.0 Å². The van der Waals surface area contributed by atoms with Gasteiger partial charge in [-0.25, -0.2) is 4.39 Å². The fourth-order valence-corrected chi connectivity index (χ4v) is 6.36. The van der Waals surface area contributed by atoms with Gasteiger partial charge in [0.05, 0.1) is 25.3 Å². The Hall–Kier alpha value is -4.29. The molecule has 2 aromatic heterocycles. The molecule has 1 atom stereocenters. The Kier molecular flexibility index (Phi) is 9.37. The molecule has 1 aliphatic heterocycles. The Morgan fingerprint density at radius 3 is 2.58 bits per heavy atom. The molecule has 0 bridgehead atoms. The van der Waals surface area contributed by atoms with Gasteiger partial charge in [-0.2, -0.15) is 0 Å². The number of aromatic nitrogens is 3. The maximum atomic E-state index is 14.1. The Balaban J connectivity index is 1.54. The number of aliphatic hydroxyl groups is 1. The van der Waals surface area contributed by atoms with Gasteiger partial charge in [-0.15, -0.1) is 10.2 Å². The molecule has 1 unspecified atom stereocenters. The summed E-state index contributed by atoms with van der Waals surface area (Å²) >= 11 is 2.36. The third-order valence-electron chi connectivity index (χ3n) is 6.77. The zero-order valence-corrected chi connectivity index (χ0v) is 25.3. The molecule has 0 aliphatic carbocycles. The van der Waals surface area contributed by atoms with Gasteiger partial charge in [-0.1, -0.05) is 61.2 Å². The third kappa shape index (κ3) is 6.55. The van der Waals surface area contributed by atoms with E-state index in [9.17, 15) is 19.1 Å². The molecule has 1 saturated heterocycles. The number of ketones is 1. The molecule has 0 radical (unpaired) electrons. The first-order chi connectivity index (χ1) is 20.8. The lowest BCUT2D eigenvalue weighted by Crippen LogP contribution is -2.29. The van der Waals surface area contributed by atoms with Crippen LogP contribution in [-0.4, -0.2) is 45.7 Å². The Labute approximate surface area is 256 Å². The summed E-state index contributed by atoms with van der Waals surface area (Å²) in [6, 6.07) is 13.6. The quantitative estimate of drug-likeness (QED) is 0.0667. The van der Waals surface area contributed by atoms with E-state index < -0.39 is 17.7 Å². The fourth-order valence-electron chi connectivity index (χ4n) is 4.50. The molecule has 2 aromatic carbocycles. The van der Waals surface area contributed by atoms with Gasteiger partial charge in [0.25, 0.3) is 5.78 Å². The molecule has 1 amide bonds. The molecule has 0 spiro atoms. The number of rotatable bonds is 11. The van der Waals surface area contributed by atoms with Crippen molar-refractivity contribution in [3.63, 3.8) is 0 Å². The zero-order valence-electron chi connectivity index (χ0n) is 23.7. The number of carbonyl (C=O) groups is 2. The highest BCUT2D eigenvalue weighted by Crippen LogP contribution is 2.45. The van der Waals surface area contributed by atoms with Gasteiger partial charge in [0.1, 0.15) is 11.6 Å². The first-order valence-corrected chi connectivity index (χ1v) is 15.3. The number of hydrogen-bond acceptors (Lipinski definition) is 10. The summed E-state index contributed by atoms with van der Waals surface area (Å²) in [4.78, 5) is 32.2. The number of thioether (sulfide) groups is 1. The first kappa shape index (κ1) is 30.2. The van der Waals surface area contributed by atoms with E-state index in [-0.39, 0.29) is 22.3 Å². The Morgan fingerprint density at radius 1 is 1.09 bits per heavy atom. The van der Waals surface area contributed by atoms with Gasteiger partial charge in [-0.05, 0) is 53.8 Å². The molecule has 1 aliphatic rings. The maximum Gasteiger partial charge on any atom is 0.301 e. The van der Waals surface area contributed by atoms with Gasteiger partial charge in [0, 0.05) is 23.7 Å². The number of ether oxygens (including phenoxy) is 2. The molecule has 222 valence electrons. The molecule has 0 saturated carbocycles. The number of aliphatic hydroxyl groups excluding tert-OH is 1. The lowest BCUT2D eigenvalue weighted by Gasteiger charge is -2.23. The number of pyridine rings is 1. The van der Waals surface area contributed by atoms with Gasteiger partial charge in [-0.3, -0.25) is 19.5 Å². The van der Waals surface area contributed by atoms with Crippen LogP contribution in [0.5, 0.6) is 11.5 Å². The number of halogens is 1. The molecule has 4 aromatic rings. The van der Waals surface area contributed by atoms with Crippen LogP contribution in [0.3, 0.4) is 0 Å². The molecular weight excluding hydrogens is 591 g/mol. The van der Waals surface area contributed by atoms with E-state index >= 15 is 0 Å². The topological polar surface area (TPSA) is 115 Å². The van der Waals surface area contributed by atoms with E-state index in [1.807, 2.05) is 0 Å². The summed E-state index contributed by atoms with van der Waals surface area (Å²) in [5, 5.41) is 19.9. The molecule has 9 nitrogen and oxygen atoms in total. The lowest BCUT2D eigenvalue weighted by molar-refractivity contribution is -0.132. The Morgan fingerprint density at radius 2 is 1.86 bits per heavy atom. The van der Waals surface area contributed by atoms with Crippen LogP contribution >= 0.6 is 23.1 Å². The number of Topliss-reactive ketones (excluding diaryl/α,β-unsaturated/α-hetero) is 1. The standard InChI is InChI=1S/C31H29FN4O5S2/c1-18(2)12-15-41-23-9-8-20(16-24(23)40-3)26-25(27(37)19-10-13-33-14-11-19)28(38)29(39)36(26)30-34-35-31(43-30)42-17-21-6-4-5-7-22(21)32/h4-11,13-14,16,18,26,37H,12,15,17H2,1-3H3/b27-25+. The van der Waals surface area contributed by atoms with Crippen molar-refractivity contribution in [1.82, 2.24) is 15.2 Å². The molecule has 1 fully saturated rings. The van der Waals surface area contributed by atoms with E-state index in [0.29, 0.717) is 50.8 Å². The number of nitrogens with zero attached hydrogens (tertiary/aromatic N) is 4. The number of benzene rings is 2. The van der Waals surface area contributed by atoms with Crippen molar-refractivity contribution in [3.8, 4) is 11.5 Å².